The highest BCUT2D eigenvalue weighted by molar-refractivity contribution is 5.71. The number of hydrogen-bond acceptors (Lipinski definition) is 6. The smallest absolute Gasteiger partial charge is 0.306 e. The molecule has 0 saturated carbocycles. The molecule has 414 valence electrons. The van der Waals surface area contributed by atoms with E-state index in [0.717, 1.165) is 109 Å². The van der Waals surface area contributed by atoms with E-state index in [-0.39, 0.29) is 31.1 Å². The zero-order valence-corrected chi connectivity index (χ0v) is 47.4. The van der Waals surface area contributed by atoms with Gasteiger partial charge in [-0.15, -0.1) is 0 Å². The summed E-state index contributed by atoms with van der Waals surface area (Å²) in [7, 11) is 0. The highest BCUT2D eigenvalue weighted by Crippen LogP contribution is 2.16. The minimum absolute atomic E-state index is 0.0828. The molecule has 0 aromatic heterocycles. The SMILES string of the molecule is CC/C=C\C/C=C\C/C=C\C/C=C\CCCCCCCCCCC(=O)OC(COC(=O)CCCCCCC/C=C\CCC)COC(=O)CCCCCCCCCCCCC/C=C\C/C=C\CCCCCCC. The quantitative estimate of drug-likeness (QED) is 0.0261. The van der Waals surface area contributed by atoms with Crippen molar-refractivity contribution in [2.45, 2.75) is 303 Å². The zero-order valence-electron chi connectivity index (χ0n) is 47.4. The first kappa shape index (κ1) is 68.6. The van der Waals surface area contributed by atoms with Crippen LogP contribution in [0.15, 0.2) is 85.1 Å². The third-order valence-corrected chi connectivity index (χ3v) is 13.1. The molecule has 0 N–H and O–H groups in total. The van der Waals surface area contributed by atoms with Crippen molar-refractivity contribution in [1.29, 1.82) is 0 Å². The molecule has 0 spiro atoms. The maximum Gasteiger partial charge on any atom is 0.306 e. The molecule has 0 aliphatic carbocycles. The standard InChI is InChI=1S/C66H114O6/c1-4-7-10-13-16-19-22-24-26-28-30-32-33-35-36-38-40-42-44-47-50-53-56-59-65(68)71-62-63(61-70-64(67)58-55-52-49-46-21-18-15-12-9-6-3)72-66(69)60-57-54-51-48-45-43-41-39-37-34-31-29-27-25-23-20-17-14-11-8-5-2/h8,11-12,15,17,20,22,24-25,27-28,30-31,34,63H,4-7,9-10,13-14,16,18-19,21,23,26,29,32-33,35-62H2,1-3H3/b11-8-,15-12-,20-17-,24-22-,27-25-,30-28-,34-31-. The monoisotopic (exact) mass is 1000 g/mol. The molecule has 0 aliphatic rings. The molecule has 0 rings (SSSR count). The number of allylic oxidation sites excluding steroid dienone is 14. The van der Waals surface area contributed by atoms with Crippen molar-refractivity contribution in [2.75, 3.05) is 13.2 Å². The van der Waals surface area contributed by atoms with Crippen molar-refractivity contribution in [3.8, 4) is 0 Å². The van der Waals surface area contributed by atoms with Gasteiger partial charge in [-0.3, -0.25) is 14.4 Å². The third kappa shape index (κ3) is 57.5. The lowest BCUT2D eigenvalue weighted by molar-refractivity contribution is -0.167. The summed E-state index contributed by atoms with van der Waals surface area (Å²) in [5.41, 5.74) is 0. The van der Waals surface area contributed by atoms with Crippen LogP contribution >= 0.6 is 0 Å². The maximum atomic E-state index is 12.9. The first-order valence-corrected chi connectivity index (χ1v) is 30.6. The van der Waals surface area contributed by atoms with E-state index in [1.807, 2.05) is 0 Å². The van der Waals surface area contributed by atoms with E-state index in [2.05, 4.69) is 106 Å². The molecule has 0 amide bonds. The van der Waals surface area contributed by atoms with Gasteiger partial charge >= 0.3 is 17.9 Å². The van der Waals surface area contributed by atoms with E-state index in [0.29, 0.717) is 19.3 Å². The Hall–Kier alpha value is -3.41. The Bertz CT molecular complexity index is 1380. The summed E-state index contributed by atoms with van der Waals surface area (Å²) in [5, 5.41) is 0. The highest BCUT2D eigenvalue weighted by Gasteiger charge is 2.19. The van der Waals surface area contributed by atoms with Crippen LogP contribution in [0.2, 0.25) is 0 Å². The van der Waals surface area contributed by atoms with Gasteiger partial charge in [0, 0.05) is 19.3 Å². The zero-order chi connectivity index (χ0) is 52.2. The Morgan fingerprint density at radius 3 is 0.917 bits per heavy atom. The lowest BCUT2D eigenvalue weighted by Gasteiger charge is -2.18. The molecule has 0 radical (unpaired) electrons. The van der Waals surface area contributed by atoms with Crippen LogP contribution in [0.1, 0.15) is 297 Å². The lowest BCUT2D eigenvalue weighted by Crippen LogP contribution is -2.30. The molecule has 0 aromatic carbocycles. The molecular formula is C66H114O6. The van der Waals surface area contributed by atoms with Gasteiger partial charge in [0.25, 0.3) is 0 Å². The fourth-order valence-corrected chi connectivity index (χ4v) is 8.53. The summed E-state index contributed by atoms with van der Waals surface area (Å²) >= 11 is 0. The summed E-state index contributed by atoms with van der Waals surface area (Å²) < 4.78 is 16.9. The first-order chi connectivity index (χ1) is 35.5. The van der Waals surface area contributed by atoms with E-state index in [4.69, 9.17) is 14.2 Å². The molecule has 6 nitrogen and oxygen atoms in total. The van der Waals surface area contributed by atoms with Crippen molar-refractivity contribution < 1.29 is 28.6 Å². The number of unbranched alkanes of at least 4 members (excludes halogenated alkanes) is 30. The minimum Gasteiger partial charge on any atom is -0.462 e. The Morgan fingerprint density at radius 1 is 0.292 bits per heavy atom. The molecule has 0 heterocycles. The molecule has 0 bridgehead atoms. The average molecular weight is 1000 g/mol. The van der Waals surface area contributed by atoms with Gasteiger partial charge in [0.1, 0.15) is 13.2 Å². The summed E-state index contributed by atoms with van der Waals surface area (Å²) in [6.07, 6.45) is 78.7. The van der Waals surface area contributed by atoms with E-state index >= 15 is 0 Å². The molecule has 0 aliphatic heterocycles. The predicted octanol–water partition coefficient (Wildman–Crippen LogP) is 20.7. The van der Waals surface area contributed by atoms with Crippen molar-refractivity contribution >= 4 is 17.9 Å². The number of carbonyl (C=O) groups excluding carboxylic acids is 3. The van der Waals surface area contributed by atoms with Crippen LogP contribution in [0.4, 0.5) is 0 Å². The summed E-state index contributed by atoms with van der Waals surface area (Å²) in [6, 6.07) is 0. The van der Waals surface area contributed by atoms with Gasteiger partial charge in [0.2, 0.25) is 0 Å². The number of ether oxygens (including phenoxy) is 3. The van der Waals surface area contributed by atoms with Gasteiger partial charge in [-0.2, -0.15) is 0 Å². The molecule has 0 saturated heterocycles. The van der Waals surface area contributed by atoms with Crippen LogP contribution in [0, 0.1) is 0 Å². The molecular weight excluding hydrogens is 889 g/mol. The summed E-state index contributed by atoms with van der Waals surface area (Å²) in [4.78, 5) is 38.2. The highest BCUT2D eigenvalue weighted by atomic mass is 16.6. The van der Waals surface area contributed by atoms with Crippen molar-refractivity contribution in [3.05, 3.63) is 85.1 Å². The van der Waals surface area contributed by atoms with Crippen molar-refractivity contribution in [3.63, 3.8) is 0 Å². The Morgan fingerprint density at radius 2 is 0.569 bits per heavy atom. The van der Waals surface area contributed by atoms with Gasteiger partial charge in [-0.25, -0.2) is 0 Å². The second-order valence-electron chi connectivity index (χ2n) is 20.2. The third-order valence-electron chi connectivity index (χ3n) is 13.1. The maximum absolute atomic E-state index is 12.9. The van der Waals surface area contributed by atoms with Crippen LogP contribution in [-0.4, -0.2) is 37.2 Å². The van der Waals surface area contributed by atoms with Crippen LogP contribution < -0.4 is 0 Å². The second kappa shape index (κ2) is 60.1. The molecule has 0 aromatic rings. The molecule has 6 heteroatoms. The Kier molecular flexibility index (Phi) is 57.3. The Labute approximate surface area is 445 Å². The first-order valence-electron chi connectivity index (χ1n) is 30.6. The number of hydrogen-bond donors (Lipinski definition) is 0. The lowest BCUT2D eigenvalue weighted by atomic mass is 10.0. The fourth-order valence-electron chi connectivity index (χ4n) is 8.53. The average Bonchev–Trinajstić information content (AvgIpc) is 3.38. The van der Waals surface area contributed by atoms with Crippen molar-refractivity contribution in [2.24, 2.45) is 0 Å². The van der Waals surface area contributed by atoms with E-state index in [1.165, 1.54) is 148 Å². The van der Waals surface area contributed by atoms with Gasteiger partial charge in [0.15, 0.2) is 6.10 Å². The second-order valence-corrected chi connectivity index (χ2v) is 20.2. The summed E-state index contributed by atoms with van der Waals surface area (Å²) in [6.45, 7) is 6.46. The van der Waals surface area contributed by atoms with E-state index < -0.39 is 6.10 Å². The number of carbonyl (C=O) groups is 3. The number of rotatable bonds is 55. The van der Waals surface area contributed by atoms with E-state index in [1.54, 1.807) is 0 Å². The minimum atomic E-state index is -0.785. The van der Waals surface area contributed by atoms with E-state index in [9.17, 15) is 14.4 Å². The van der Waals surface area contributed by atoms with Crippen LogP contribution in [-0.2, 0) is 28.6 Å². The summed E-state index contributed by atoms with van der Waals surface area (Å²) in [5.74, 6) is -0.896. The van der Waals surface area contributed by atoms with Crippen LogP contribution in [0.5, 0.6) is 0 Å². The van der Waals surface area contributed by atoms with Crippen LogP contribution in [0.25, 0.3) is 0 Å². The predicted molar refractivity (Wildman–Crippen MR) is 311 cm³/mol. The van der Waals surface area contributed by atoms with Crippen LogP contribution in [0.3, 0.4) is 0 Å². The number of esters is 3. The van der Waals surface area contributed by atoms with Gasteiger partial charge in [0.05, 0.1) is 0 Å². The molecule has 72 heavy (non-hydrogen) atoms. The molecule has 1 atom stereocenters. The topological polar surface area (TPSA) is 78.9 Å². The van der Waals surface area contributed by atoms with Gasteiger partial charge in [-0.05, 0) is 109 Å². The fraction of sp³-hybridized carbons (Fsp3) is 0.742. The normalized spacial score (nSPS) is 12.7. The molecule has 1 unspecified atom stereocenters. The largest absolute Gasteiger partial charge is 0.462 e. The van der Waals surface area contributed by atoms with Gasteiger partial charge in [-0.1, -0.05) is 254 Å². The van der Waals surface area contributed by atoms with Crippen molar-refractivity contribution in [1.82, 2.24) is 0 Å². The van der Waals surface area contributed by atoms with Gasteiger partial charge < -0.3 is 14.2 Å². The Balaban J connectivity index is 4.28. The molecule has 0 fully saturated rings.